The molecule has 0 aliphatic carbocycles. The fraction of sp³-hybridized carbons (Fsp3) is 0.652. The van der Waals surface area contributed by atoms with Crippen LogP contribution in [0.3, 0.4) is 0 Å². The molecule has 1 aliphatic rings. The van der Waals surface area contributed by atoms with E-state index >= 15 is 0 Å². The number of carbonyl (C=O) groups is 1. The van der Waals surface area contributed by atoms with Gasteiger partial charge in [-0.05, 0) is 42.0 Å². The second-order valence-electron chi connectivity index (χ2n) is 7.71. The summed E-state index contributed by atoms with van der Waals surface area (Å²) < 4.78 is 10.8. The Hall–Kier alpha value is -1.71. The number of carbonyl (C=O) groups excluding carboxylic acids is 1. The molecule has 7 nitrogen and oxygen atoms in total. The molecule has 0 atom stereocenters. The molecule has 0 saturated heterocycles. The summed E-state index contributed by atoms with van der Waals surface area (Å²) in [5, 5.41) is 6.69. The fourth-order valence-electron chi connectivity index (χ4n) is 3.74. The van der Waals surface area contributed by atoms with Crippen molar-refractivity contribution in [1.82, 2.24) is 15.5 Å². The highest BCUT2D eigenvalue weighted by Gasteiger charge is 2.22. The minimum atomic E-state index is 0. The number of hydrogen-bond donors (Lipinski definition) is 2. The second-order valence-corrected chi connectivity index (χ2v) is 7.71. The molecule has 0 saturated carbocycles. The highest BCUT2D eigenvalue weighted by molar-refractivity contribution is 14.0. The zero-order valence-corrected chi connectivity index (χ0v) is 22.0. The van der Waals surface area contributed by atoms with Crippen LogP contribution in [0.2, 0.25) is 0 Å². The molecule has 2 N–H and O–H groups in total. The number of aliphatic imine (C=N–C) groups is 1. The molecule has 1 aromatic carbocycles. The first-order valence-corrected chi connectivity index (χ1v) is 11.0. The highest BCUT2D eigenvalue weighted by atomic mass is 127. The molecule has 0 bridgehead atoms. The third-order valence-corrected chi connectivity index (χ3v) is 5.87. The van der Waals surface area contributed by atoms with Gasteiger partial charge in [-0.1, -0.05) is 26.7 Å². The summed E-state index contributed by atoms with van der Waals surface area (Å²) in [5.74, 6) is 3.11. The number of ether oxygens (including phenoxy) is 2. The molecule has 0 radical (unpaired) electrons. The Morgan fingerprint density at radius 2 is 1.77 bits per heavy atom. The maximum Gasteiger partial charge on any atom is 0.222 e. The average Bonchev–Trinajstić information content (AvgIpc) is 2.79. The molecular weight excluding hydrogens is 507 g/mol. The third kappa shape index (κ3) is 8.05. The van der Waals surface area contributed by atoms with Gasteiger partial charge in [0.2, 0.25) is 5.91 Å². The number of methoxy groups -OCH3 is 2. The van der Waals surface area contributed by atoms with Crippen molar-refractivity contribution in [3.05, 3.63) is 23.3 Å². The van der Waals surface area contributed by atoms with Crippen LogP contribution in [0.25, 0.3) is 0 Å². The van der Waals surface area contributed by atoms with Crippen molar-refractivity contribution < 1.29 is 14.3 Å². The van der Waals surface area contributed by atoms with Crippen LogP contribution in [0.1, 0.15) is 50.7 Å². The summed E-state index contributed by atoms with van der Waals surface area (Å²) in [4.78, 5) is 18.9. The molecule has 1 heterocycles. The molecule has 1 aliphatic heterocycles. The lowest BCUT2D eigenvalue weighted by Crippen LogP contribution is -2.40. The number of nitrogens with zero attached hydrogens (tertiary/aromatic N) is 2. The van der Waals surface area contributed by atoms with Crippen LogP contribution in [0.5, 0.6) is 11.5 Å². The number of halogens is 1. The molecule has 0 fully saturated rings. The topological polar surface area (TPSA) is 75.2 Å². The summed E-state index contributed by atoms with van der Waals surface area (Å²) in [6.07, 6.45) is 4.46. The first kappa shape index (κ1) is 27.3. The van der Waals surface area contributed by atoms with Crippen molar-refractivity contribution in [1.29, 1.82) is 0 Å². The molecule has 2 rings (SSSR count). The van der Waals surface area contributed by atoms with Gasteiger partial charge >= 0.3 is 0 Å². The summed E-state index contributed by atoms with van der Waals surface area (Å²) in [6.45, 7) is 7.44. The quantitative estimate of drug-likeness (QED) is 0.203. The summed E-state index contributed by atoms with van der Waals surface area (Å²) in [6, 6.07) is 4.02. The van der Waals surface area contributed by atoms with Gasteiger partial charge in [0.15, 0.2) is 17.5 Å². The summed E-state index contributed by atoms with van der Waals surface area (Å²) in [5.41, 5.74) is 2.36. The van der Waals surface area contributed by atoms with E-state index in [-0.39, 0.29) is 29.9 Å². The maximum absolute atomic E-state index is 12.7. The lowest BCUT2D eigenvalue weighted by molar-refractivity contribution is -0.132. The van der Waals surface area contributed by atoms with Crippen molar-refractivity contribution in [2.24, 2.45) is 10.9 Å². The number of fused-ring (bicyclic) bond motifs is 1. The van der Waals surface area contributed by atoms with Crippen molar-refractivity contribution in [2.45, 2.75) is 52.5 Å². The Kier molecular flexibility index (Phi) is 12.7. The van der Waals surface area contributed by atoms with E-state index in [0.29, 0.717) is 24.6 Å². The van der Waals surface area contributed by atoms with Crippen molar-refractivity contribution in [3.63, 3.8) is 0 Å². The normalized spacial score (nSPS) is 13.4. The van der Waals surface area contributed by atoms with Gasteiger partial charge in [-0.2, -0.15) is 0 Å². The smallest absolute Gasteiger partial charge is 0.222 e. The van der Waals surface area contributed by atoms with E-state index in [1.165, 1.54) is 5.56 Å². The van der Waals surface area contributed by atoms with Crippen LogP contribution in [0, 0.1) is 5.92 Å². The Balaban J connectivity index is 0.00000480. The van der Waals surface area contributed by atoms with Gasteiger partial charge in [0, 0.05) is 39.6 Å². The monoisotopic (exact) mass is 546 g/mol. The molecule has 0 spiro atoms. The Morgan fingerprint density at radius 1 is 1.13 bits per heavy atom. The predicted molar refractivity (Wildman–Crippen MR) is 137 cm³/mol. The minimum absolute atomic E-state index is 0. The Bertz CT molecular complexity index is 723. The standard InChI is InChI=1S/C23H38N4O3.HI/c1-6-17(7-2)15-26-23(24-3)25-11-8-9-22(28)27-12-10-18-13-20(29-4)21(30-5)14-19(18)16-27;/h13-14,17H,6-12,15-16H2,1-5H3,(H2,24,25,26);1H. The van der Waals surface area contributed by atoms with Crippen LogP contribution in [0.15, 0.2) is 17.1 Å². The van der Waals surface area contributed by atoms with Crippen molar-refractivity contribution in [3.8, 4) is 11.5 Å². The van der Waals surface area contributed by atoms with Gasteiger partial charge in [-0.3, -0.25) is 9.79 Å². The van der Waals surface area contributed by atoms with E-state index in [1.54, 1.807) is 21.3 Å². The maximum atomic E-state index is 12.7. The number of guanidine groups is 1. The number of nitrogens with one attached hydrogen (secondary N) is 2. The lowest BCUT2D eigenvalue weighted by Gasteiger charge is -2.29. The van der Waals surface area contributed by atoms with Gasteiger partial charge in [0.1, 0.15) is 0 Å². The van der Waals surface area contributed by atoms with E-state index < -0.39 is 0 Å². The predicted octanol–water partition coefficient (Wildman–Crippen LogP) is 3.59. The van der Waals surface area contributed by atoms with E-state index in [4.69, 9.17) is 9.47 Å². The van der Waals surface area contributed by atoms with Gasteiger partial charge in [0.05, 0.1) is 14.2 Å². The number of benzene rings is 1. The highest BCUT2D eigenvalue weighted by Crippen LogP contribution is 2.33. The zero-order chi connectivity index (χ0) is 21.9. The summed E-state index contributed by atoms with van der Waals surface area (Å²) >= 11 is 0. The lowest BCUT2D eigenvalue weighted by atomic mass is 9.98. The molecule has 8 heteroatoms. The SMILES string of the molecule is CCC(CC)CNC(=NC)NCCCC(=O)N1CCc2cc(OC)c(OC)cc2C1.I. The molecule has 176 valence electrons. The molecule has 31 heavy (non-hydrogen) atoms. The Labute approximate surface area is 204 Å². The number of rotatable bonds is 10. The van der Waals surface area contributed by atoms with Crippen molar-refractivity contribution >= 4 is 35.8 Å². The van der Waals surface area contributed by atoms with Crippen LogP contribution < -0.4 is 20.1 Å². The van der Waals surface area contributed by atoms with Crippen LogP contribution in [0.4, 0.5) is 0 Å². The molecular formula is C23H39IN4O3. The zero-order valence-electron chi connectivity index (χ0n) is 19.6. The minimum Gasteiger partial charge on any atom is -0.493 e. The number of amides is 1. The van der Waals surface area contributed by atoms with Crippen LogP contribution >= 0.6 is 24.0 Å². The largest absolute Gasteiger partial charge is 0.493 e. The molecule has 0 aromatic heterocycles. The van der Waals surface area contributed by atoms with Gasteiger partial charge < -0.3 is 25.0 Å². The third-order valence-electron chi connectivity index (χ3n) is 5.87. The van der Waals surface area contributed by atoms with Crippen LogP contribution in [-0.4, -0.2) is 57.7 Å². The second kappa shape index (κ2) is 14.4. The number of hydrogen-bond acceptors (Lipinski definition) is 4. The van der Waals surface area contributed by atoms with Crippen LogP contribution in [-0.2, 0) is 17.8 Å². The Morgan fingerprint density at radius 3 is 2.35 bits per heavy atom. The fourth-order valence-corrected chi connectivity index (χ4v) is 3.74. The average molecular weight is 546 g/mol. The first-order valence-electron chi connectivity index (χ1n) is 11.0. The molecule has 0 unspecified atom stereocenters. The first-order chi connectivity index (χ1) is 14.6. The van der Waals surface area contributed by atoms with E-state index in [1.807, 2.05) is 17.0 Å². The van der Waals surface area contributed by atoms with Gasteiger partial charge in [-0.25, -0.2) is 0 Å². The summed E-state index contributed by atoms with van der Waals surface area (Å²) in [7, 11) is 5.06. The van der Waals surface area contributed by atoms with Gasteiger partial charge in [0.25, 0.3) is 0 Å². The van der Waals surface area contributed by atoms with Gasteiger partial charge in [-0.15, -0.1) is 24.0 Å². The van der Waals surface area contributed by atoms with Crippen molar-refractivity contribution in [2.75, 3.05) is 40.9 Å². The molecule has 1 amide bonds. The molecule has 1 aromatic rings. The van der Waals surface area contributed by atoms with E-state index in [9.17, 15) is 4.79 Å². The van der Waals surface area contributed by atoms with E-state index in [2.05, 4.69) is 29.5 Å². The van der Waals surface area contributed by atoms with E-state index in [0.717, 1.165) is 62.6 Å².